The number of hydrogen-bond acceptors (Lipinski definition) is 4. The van der Waals surface area contributed by atoms with Gasteiger partial charge in [-0.25, -0.2) is 0 Å². The number of anilines is 1. The van der Waals surface area contributed by atoms with E-state index in [1.807, 2.05) is 31.2 Å². The summed E-state index contributed by atoms with van der Waals surface area (Å²) in [6.45, 7) is 8.31. The number of benzene rings is 1. The normalized spacial score (nSPS) is 17.3. The van der Waals surface area contributed by atoms with E-state index in [0.717, 1.165) is 56.7 Å². The first kappa shape index (κ1) is 23.7. The zero-order chi connectivity index (χ0) is 21.0. The van der Waals surface area contributed by atoms with E-state index in [2.05, 4.69) is 17.1 Å². The maximum absolute atomic E-state index is 12.7. The highest BCUT2D eigenvalue weighted by molar-refractivity contribution is 5.97. The van der Waals surface area contributed by atoms with Crippen molar-refractivity contribution in [2.75, 3.05) is 38.7 Å². The number of carbonyl (C=O) groups excluding carboxylic acids is 1. The SMILES string of the molecule is CCCCC[C@@](C)(OC)C(=O)Nc1ccc(OCCCN2CCCCCC2)cc1. The maximum atomic E-state index is 12.7. The summed E-state index contributed by atoms with van der Waals surface area (Å²) in [7, 11) is 1.61. The number of unbranched alkanes of at least 4 members (excludes halogenated alkanes) is 2. The molecule has 1 atom stereocenters. The van der Waals surface area contributed by atoms with E-state index in [9.17, 15) is 4.79 Å². The largest absolute Gasteiger partial charge is 0.494 e. The third kappa shape index (κ3) is 8.35. The van der Waals surface area contributed by atoms with E-state index in [0.29, 0.717) is 0 Å². The van der Waals surface area contributed by atoms with Gasteiger partial charge in [-0.3, -0.25) is 4.79 Å². The van der Waals surface area contributed by atoms with E-state index in [1.165, 1.54) is 38.8 Å². The van der Waals surface area contributed by atoms with Crippen LogP contribution < -0.4 is 10.1 Å². The minimum Gasteiger partial charge on any atom is -0.494 e. The molecule has 0 aromatic heterocycles. The van der Waals surface area contributed by atoms with Gasteiger partial charge in [-0.1, -0.05) is 39.0 Å². The first-order valence-electron chi connectivity index (χ1n) is 11.4. The van der Waals surface area contributed by atoms with Crippen molar-refractivity contribution >= 4 is 11.6 Å². The summed E-state index contributed by atoms with van der Waals surface area (Å²) >= 11 is 0. The second-order valence-electron chi connectivity index (χ2n) is 8.33. The van der Waals surface area contributed by atoms with Crippen molar-refractivity contribution in [2.24, 2.45) is 0 Å². The number of carbonyl (C=O) groups is 1. The lowest BCUT2D eigenvalue weighted by molar-refractivity contribution is -0.136. The molecule has 0 aliphatic carbocycles. The van der Waals surface area contributed by atoms with Crippen LogP contribution in [0, 0.1) is 0 Å². The molecule has 1 fully saturated rings. The second kappa shape index (κ2) is 12.9. The Kier molecular flexibility index (Phi) is 10.5. The number of rotatable bonds is 12. The number of methoxy groups -OCH3 is 1. The maximum Gasteiger partial charge on any atom is 0.256 e. The van der Waals surface area contributed by atoms with Crippen molar-refractivity contribution in [3.63, 3.8) is 0 Å². The van der Waals surface area contributed by atoms with Crippen molar-refractivity contribution in [3.8, 4) is 5.75 Å². The van der Waals surface area contributed by atoms with Crippen molar-refractivity contribution in [1.82, 2.24) is 4.90 Å². The molecule has 1 aromatic rings. The van der Waals surface area contributed by atoms with Crippen molar-refractivity contribution in [3.05, 3.63) is 24.3 Å². The van der Waals surface area contributed by atoms with Gasteiger partial charge in [0, 0.05) is 19.3 Å². The van der Waals surface area contributed by atoms with Crippen molar-refractivity contribution in [1.29, 1.82) is 0 Å². The lowest BCUT2D eigenvalue weighted by atomic mass is 9.97. The smallest absolute Gasteiger partial charge is 0.256 e. The molecule has 29 heavy (non-hydrogen) atoms. The molecular formula is C24H40N2O3. The summed E-state index contributed by atoms with van der Waals surface area (Å²) in [5, 5.41) is 2.98. The molecule has 0 saturated carbocycles. The van der Waals surface area contributed by atoms with Crippen LogP contribution in [-0.2, 0) is 9.53 Å². The summed E-state index contributed by atoms with van der Waals surface area (Å²) in [5.41, 5.74) is -0.0248. The minimum absolute atomic E-state index is 0.0952. The predicted molar refractivity (Wildman–Crippen MR) is 120 cm³/mol. The zero-order valence-corrected chi connectivity index (χ0v) is 18.7. The molecule has 1 saturated heterocycles. The molecule has 0 radical (unpaired) electrons. The van der Waals surface area contributed by atoms with Crippen LogP contribution in [-0.4, -0.2) is 49.8 Å². The summed E-state index contributed by atoms with van der Waals surface area (Å²) in [6, 6.07) is 7.62. The second-order valence-corrected chi connectivity index (χ2v) is 8.33. The number of nitrogens with one attached hydrogen (secondary N) is 1. The lowest BCUT2D eigenvalue weighted by Crippen LogP contribution is -2.41. The minimum atomic E-state index is -0.794. The molecule has 0 bridgehead atoms. The number of likely N-dealkylation sites (tertiary alicyclic amines) is 1. The highest BCUT2D eigenvalue weighted by atomic mass is 16.5. The average Bonchev–Trinajstić information content (AvgIpc) is 3.01. The standard InChI is InChI=1S/C24H40N2O3/c1-4-5-8-16-24(2,28-3)23(27)25-21-12-14-22(15-13-21)29-20-11-19-26-17-9-6-7-10-18-26/h12-15H,4-11,16-20H2,1-3H3,(H,25,27)/t24-/m1/s1. The average molecular weight is 405 g/mol. The zero-order valence-electron chi connectivity index (χ0n) is 18.7. The third-order valence-electron chi connectivity index (χ3n) is 5.89. The van der Waals surface area contributed by atoms with E-state index in [-0.39, 0.29) is 5.91 Å². The Morgan fingerprint density at radius 1 is 1.07 bits per heavy atom. The highest BCUT2D eigenvalue weighted by Gasteiger charge is 2.32. The van der Waals surface area contributed by atoms with Gasteiger partial charge < -0.3 is 19.7 Å². The summed E-state index contributed by atoms with van der Waals surface area (Å²) < 4.78 is 11.4. The van der Waals surface area contributed by atoms with Crippen LogP contribution in [0.4, 0.5) is 5.69 Å². The van der Waals surface area contributed by atoms with Gasteiger partial charge in [-0.05, 0) is 70.0 Å². The number of ether oxygens (including phenoxy) is 2. The Balaban J connectivity index is 1.73. The van der Waals surface area contributed by atoms with Gasteiger partial charge in [0.2, 0.25) is 0 Å². The fourth-order valence-corrected chi connectivity index (χ4v) is 3.76. The van der Waals surface area contributed by atoms with Crippen LogP contribution >= 0.6 is 0 Å². The summed E-state index contributed by atoms with van der Waals surface area (Å²) in [4.78, 5) is 15.2. The Morgan fingerprint density at radius 3 is 2.38 bits per heavy atom. The number of amides is 1. The lowest BCUT2D eigenvalue weighted by Gasteiger charge is -2.27. The van der Waals surface area contributed by atoms with Crippen LogP contribution in [0.3, 0.4) is 0 Å². The van der Waals surface area contributed by atoms with Crippen LogP contribution in [0.15, 0.2) is 24.3 Å². The van der Waals surface area contributed by atoms with Gasteiger partial charge in [0.15, 0.2) is 0 Å². The molecule has 0 spiro atoms. The van der Waals surface area contributed by atoms with E-state index < -0.39 is 5.60 Å². The fraction of sp³-hybridized carbons (Fsp3) is 0.708. The van der Waals surface area contributed by atoms with Crippen LogP contribution in [0.5, 0.6) is 5.75 Å². The molecule has 1 aliphatic rings. The summed E-state index contributed by atoms with van der Waals surface area (Å²) in [6.07, 6.45) is 10.4. The van der Waals surface area contributed by atoms with Crippen LogP contribution in [0.2, 0.25) is 0 Å². The Morgan fingerprint density at radius 2 is 1.76 bits per heavy atom. The van der Waals surface area contributed by atoms with Gasteiger partial charge in [0.05, 0.1) is 6.61 Å². The Hall–Kier alpha value is -1.59. The molecule has 0 unspecified atom stereocenters. The van der Waals surface area contributed by atoms with E-state index in [4.69, 9.17) is 9.47 Å². The van der Waals surface area contributed by atoms with Crippen molar-refractivity contribution in [2.45, 2.75) is 77.2 Å². The van der Waals surface area contributed by atoms with Gasteiger partial charge in [-0.2, -0.15) is 0 Å². The first-order valence-corrected chi connectivity index (χ1v) is 11.4. The van der Waals surface area contributed by atoms with Crippen LogP contribution in [0.25, 0.3) is 0 Å². The molecule has 164 valence electrons. The molecule has 2 rings (SSSR count). The molecule has 1 aromatic carbocycles. The molecular weight excluding hydrogens is 364 g/mol. The molecule has 1 aliphatic heterocycles. The topological polar surface area (TPSA) is 50.8 Å². The number of nitrogens with zero attached hydrogens (tertiary/aromatic N) is 1. The quantitative estimate of drug-likeness (QED) is 0.483. The van der Waals surface area contributed by atoms with Gasteiger partial charge in [0.1, 0.15) is 11.4 Å². The first-order chi connectivity index (χ1) is 14.1. The summed E-state index contributed by atoms with van der Waals surface area (Å²) in [5.74, 6) is 0.749. The van der Waals surface area contributed by atoms with Crippen molar-refractivity contribution < 1.29 is 14.3 Å². The highest BCUT2D eigenvalue weighted by Crippen LogP contribution is 2.22. The predicted octanol–water partition coefficient (Wildman–Crippen LogP) is 5.26. The molecule has 1 heterocycles. The van der Waals surface area contributed by atoms with Gasteiger partial charge >= 0.3 is 0 Å². The molecule has 1 N–H and O–H groups in total. The third-order valence-corrected chi connectivity index (χ3v) is 5.89. The van der Waals surface area contributed by atoms with Gasteiger partial charge in [0.25, 0.3) is 5.91 Å². The molecule has 5 nitrogen and oxygen atoms in total. The molecule has 1 amide bonds. The van der Waals surface area contributed by atoms with Crippen LogP contribution in [0.1, 0.15) is 71.6 Å². The fourth-order valence-electron chi connectivity index (χ4n) is 3.76. The van der Waals surface area contributed by atoms with Gasteiger partial charge in [-0.15, -0.1) is 0 Å². The monoisotopic (exact) mass is 404 g/mol. The molecule has 5 heteroatoms. The van der Waals surface area contributed by atoms with E-state index >= 15 is 0 Å². The Bertz CT molecular complexity index is 582. The Labute approximate surface area is 177 Å². The van der Waals surface area contributed by atoms with E-state index in [1.54, 1.807) is 7.11 Å². The number of hydrogen-bond donors (Lipinski definition) is 1.